The summed E-state index contributed by atoms with van der Waals surface area (Å²) in [4.78, 5) is 37.4. The lowest BCUT2D eigenvalue weighted by atomic mass is 9.81. The molecule has 1 amide bonds. The van der Waals surface area contributed by atoms with Gasteiger partial charge in [0.15, 0.2) is 11.6 Å². The van der Waals surface area contributed by atoms with Crippen molar-refractivity contribution >= 4 is 28.9 Å². The Labute approximate surface area is 297 Å². The molecule has 4 aliphatic rings. The van der Waals surface area contributed by atoms with E-state index in [1.54, 1.807) is 6.07 Å². The Morgan fingerprint density at radius 3 is 2.33 bits per heavy atom. The van der Waals surface area contributed by atoms with Crippen LogP contribution in [0.15, 0.2) is 43.0 Å². The molecule has 266 valence electrons. The number of hydrogen-bond donors (Lipinski definition) is 5. The standard InChI is InChI=1S/C39H46N8O4/c1-23-25(26-8-6-10-28(33(26)48)44-36(49)35-42-29-19-40-17-11-31(29)46(35)4)7-5-9-27(23)41-24(2)34-43-30-20-47(18-12-32(30)45(34)3)22-38-13-15-39(21-38,16-14-38)37(50)51/h5-10,40-41,48H,2,11-22H2,1,3-4H3,(H,44,49)(H,50,51). The van der Waals surface area contributed by atoms with Gasteiger partial charge in [-0.1, -0.05) is 30.8 Å². The van der Waals surface area contributed by atoms with Crippen LogP contribution in [0, 0.1) is 17.8 Å². The highest BCUT2D eigenvalue weighted by molar-refractivity contribution is 6.03. The number of carbonyl (C=O) groups is 2. The normalized spacial score (nSPS) is 22.4. The van der Waals surface area contributed by atoms with Crippen molar-refractivity contribution in [3.63, 3.8) is 0 Å². The molecule has 2 bridgehead atoms. The minimum absolute atomic E-state index is 0.0182. The van der Waals surface area contributed by atoms with Crippen LogP contribution >= 0.6 is 0 Å². The van der Waals surface area contributed by atoms with Crippen LogP contribution in [-0.2, 0) is 44.8 Å². The van der Waals surface area contributed by atoms with Gasteiger partial charge >= 0.3 is 5.97 Å². The maximum Gasteiger partial charge on any atom is 0.309 e. The molecule has 12 nitrogen and oxygen atoms in total. The third kappa shape index (κ3) is 5.61. The highest BCUT2D eigenvalue weighted by atomic mass is 16.4. The summed E-state index contributed by atoms with van der Waals surface area (Å²) in [6, 6.07) is 11.2. The van der Waals surface area contributed by atoms with Gasteiger partial charge in [-0.05, 0) is 67.7 Å². The predicted octanol–water partition coefficient (Wildman–Crippen LogP) is 5.21. The van der Waals surface area contributed by atoms with Gasteiger partial charge in [0.25, 0.3) is 5.91 Å². The second-order valence-electron chi connectivity index (χ2n) is 15.2. The molecule has 0 radical (unpaired) electrons. The van der Waals surface area contributed by atoms with Gasteiger partial charge in [0.1, 0.15) is 5.75 Å². The molecule has 4 aromatic rings. The Balaban J connectivity index is 0.975. The highest BCUT2D eigenvalue weighted by Gasteiger charge is 2.58. The Morgan fingerprint density at radius 2 is 1.61 bits per heavy atom. The first kappa shape index (κ1) is 33.2. The van der Waals surface area contributed by atoms with Crippen molar-refractivity contribution in [2.75, 3.05) is 30.3 Å². The van der Waals surface area contributed by atoms with Gasteiger partial charge < -0.3 is 35.3 Å². The van der Waals surface area contributed by atoms with Crippen LogP contribution < -0.4 is 16.0 Å². The van der Waals surface area contributed by atoms with Gasteiger partial charge in [0, 0.05) is 82.3 Å². The predicted molar refractivity (Wildman–Crippen MR) is 195 cm³/mol. The van der Waals surface area contributed by atoms with Crippen LogP contribution in [0.1, 0.15) is 76.9 Å². The summed E-state index contributed by atoms with van der Waals surface area (Å²) in [6.45, 7) is 10.5. The van der Waals surface area contributed by atoms with E-state index in [0.717, 1.165) is 111 Å². The van der Waals surface area contributed by atoms with E-state index in [4.69, 9.17) is 4.98 Å². The number of carboxylic acid groups (broad SMARTS) is 1. The summed E-state index contributed by atoms with van der Waals surface area (Å²) in [5.41, 5.74) is 7.94. The topological polar surface area (TPSA) is 150 Å². The molecule has 2 aromatic carbocycles. The van der Waals surface area contributed by atoms with Crippen molar-refractivity contribution in [1.29, 1.82) is 0 Å². The Morgan fingerprint density at radius 1 is 0.922 bits per heavy atom. The molecule has 5 N–H and O–H groups in total. The van der Waals surface area contributed by atoms with E-state index in [1.807, 2.05) is 55.9 Å². The molecule has 2 saturated carbocycles. The maximum absolute atomic E-state index is 13.3. The van der Waals surface area contributed by atoms with Gasteiger partial charge in [0.05, 0.1) is 28.2 Å². The van der Waals surface area contributed by atoms with Crippen molar-refractivity contribution in [2.45, 2.75) is 65.0 Å². The number of hydrogen-bond acceptors (Lipinski definition) is 8. The molecular formula is C39H46N8O4. The van der Waals surface area contributed by atoms with Crippen LogP contribution in [0.25, 0.3) is 16.8 Å². The second kappa shape index (κ2) is 12.4. The number of amides is 1. The number of imidazole rings is 2. The number of fused-ring (bicyclic) bond motifs is 4. The number of aromatic hydroxyl groups is 1. The summed E-state index contributed by atoms with van der Waals surface area (Å²) in [7, 11) is 3.89. The molecule has 0 spiro atoms. The molecule has 0 atom stereocenters. The third-order valence-corrected chi connectivity index (χ3v) is 12.1. The Hall–Kier alpha value is -4.94. The zero-order chi connectivity index (χ0) is 35.7. The highest BCUT2D eigenvalue weighted by Crippen LogP contribution is 2.62. The van der Waals surface area contributed by atoms with Gasteiger partial charge in [-0.2, -0.15) is 0 Å². The lowest BCUT2D eigenvalue weighted by Gasteiger charge is -2.35. The maximum atomic E-state index is 13.3. The number of anilines is 2. The first-order valence-electron chi connectivity index (χ1n) is 17.9. The number of phenols is 1. The summed E-state index contributed by atoms with van der Waals surface area (Å²) in [5.74, 6) is 0.0778. The Kier molecular flexibility index (Phi) is 8.06. The zero-order valence-electron chi connectivity index (χ0n) is 29.6. The molecule has 0 unspecified atom stereocenters. The summed E-state index contributed by atoms with van der Waals surface area (Å²) in [5, 5.41) is 31.0. The number of nitrogens with zero attached hydrogens (tertiary/aromatic N) is 5. The minimum Gasteiger partial charge on any atom is -0.505 e. The molecule has 51 heavy (non-hydrogen) atoms. The van der Waals surface area contributed by atoms with Crippen molar-refractivity contribution in [3.05, 3.63) is 83.0 Å². The van der Waals surface area contributed by atoms with Crippen LogP contribution in [0.5, 0.6) is 5.75 Å². The molecule has 12 heteroatoms. The lowest BCUT2D eigenvalue weighted by Crippen LogP contribution is -2.39. The average Bonchev–Trinajstić information content (AvgIpc) is 3.87. The monoisotopic (exact) mass is 690 g/mol. The van der Waals surface area contributed by atoms with Crippen LogP contribution in [0.4, 0.5) is 11.4 Å². The van der Waals surface area contributed by atoms with E-state index in [1.165, 1.54) is 5.69 Å². The first-order valence-corrected chi connectivity index (χ1v) is 17.9. The fourth-order valence-electron chi connectivity index (χ4n) is 9.28. The van der Waals surface area contributed by atoms with Crippen molar-refractivity contribution in [1.82, 2.24) is 29.3 Å². The Bertz CT molecular complexity index is 2090. The van der Waals surface area contributed by atoms with Gasteiger partial charge in [-0.3, -0.25) is 14.5 Å². The summed E-state index contributed by atoms with van der Waals surface area (Å²) < 4.78 is 3.97. The average molecular weight is 691 g/mol. The van der Waals surface area contributed by atoms with Crippen LogP contribution in [-0.4, -0.2) is 65.7 Å². The van der Waals surface area contributed by atoms with Gasteiger partial charge in [0.2, 0.25) is 0 Å². The summed E-state index contributed by atoms with van der Waals surface area (Å²) in [6.07, 6.45) is 6.08. The van der Waals surface area contributed by atoms with Crippen LogP contribution in [0.2, 0.25) is 0 Å². The number of aliphatic carboxylic acids is 1. The SMILES string of the molecule is C=C(Nc1cccc(-c2cccc(NC(=O)c3nc4c(n3C)CCNC4)c2O)c1C)c1nc2c(n1C)CCN(CC13CCC(C(=O)O)(CC1)C3)C2. The van der Waals surface area contributed by atoms with Gasteiger partial charge in [-0.15, -0.1) is 0 Å². The van der Waals surface area contributed by atoms with E-state index in [-0.39, 0.29) is 17.1 Å². The fourth-order valence-corrected chi connectivity index (χ4v) is 9.28. The fraction of sp³-hybridized carbons (Fsp3) is 0.436. The number of para-hydroxylation sites is 1. The lowest BCUT2D eigenvalue weighted by molar-refractivity contribution is -0.148. The minimum atomic E-state index is -0.616. The largest absolute Gasteiger partial charge is 0.505 e. The number of carboxylic acids is 1. The van der Waals surface area contributed by atoms with E-state index in [9.17, 15) is 19.8 Å². The molecule has 2 fully saturated rings. The molecule has 2 aliphatic heterocycles. The van der Waals surface area contributed by atoms with Crippen LogP contribution in [0.3, 0.4) is 0 Å². The number of nitrogens with one attached hydrogen (secondary N) is 3. The van der Waals surface area contributed by atoms with E-state index in [0.29, 0.717) is 29.3 Å². The quantitative estimate of drug-likeness (QED) is 0.149. The van der Waals surface area contributed by atoms with Crippen molar-refractivity contribution in [2.24, 2.45) is 24.9 Å². The van der Waals surface area contributed by atoms with Crippen molar-refractivity contribution in [3.8, 4) is 16.9 Å². The zero-order valence-corrected chi connectivity index (χ0v) is 29.6. The molecule has 2 aliphatic carbocycles. The number of benzene rings is 2. The molecule has 2 aromatic heterocycles. The van der Waals surface area contributed by atoms with Crippen molar-refractivity contribution < 1.29 is 19.8 Å². The number of carbonyl (C=O) groups excluding carboxylic acids is 1. The smallest absolute Gasteiger partial charge is 0.309 e. The second-order valence-corrected chi connectivity index (χ2v) is 15.2. The van der Waals surface area contributed by atoms with E-state index in [2.05, 4.69) is 37.0 Å². The number of phenolic OH excluding ortho intramolecular Hbond substituents is 1. The summed E-state index contributed by atoms with van der Waals surface area (Å²) >= 11 is 0. The number of rotatable bonds is 9. The molecule has 8 rings (SSSR count). The molecule has 0 saturated heterocycles. The molecular weight excluding hydrogens is 644 g/mol. The first-order chi connectivity index (χ1) is 24.5. The van der Waals surface area contributed by atoms with E-state index >= 15 is 0 Å². The number of aromatic nitrogens is 4. The third-order valence-electron chi connectivity index (χ3n) is 12.1. The van der Waals surface area contributed by atoms with Gasteiger partial charge in [-0.25, -0.2) is 9.97 Å². The molecule has 4 heterocycles. The van der Waals surface area contributed by atoms with E-state index < -0.39 is 11.4 Å².